The number of ketones is 1. The first-order valence-corrected chi connectivity index (χ1v) is 15.2. The number of rotatable bonds is 7. The number of anilines is 2. The molecule has 4 aromatic rings. The van der Waals surface area contributed by atoms with Gasteiger partial charge >= 0.3 is 5.91 Å². The standard InChI is InChI=1S/C30H25ClN4O5S2/c1-34(2)20-10-7-17(8-11-20)25-24(26(36)18-9-12-22-23(15-18)40-14-13-39-22)27(37)28(38)35(25)29-32-33-30(42-29)41-16-19-5-3-4-6-21(19)31/h3-12,15,25,36H,13-14,16H2,1-2H3. The van der Waals surface area contributed by atoms with E-state index < -0.39 is 17.7 Å². The summed E-state index contributed by atoms with van der Waals surface area (Å²) in [7, 11) is 3.85. The number of aliphatic hydroxyl groups is 1. The Labute approximate surface area is 255 Å². The third-order valence-electron chi connectivity index (χ3n) is 6.90. The second kappa shape index (κ2) is 11.7. The minimum Gasteiger partial charge on any atom is -0.507 e. The molecule has 12 heteroatoms. The van der Waals surface area contributed by atoms with Crippen molar-refractivity contribution in [1.82, 2.24) is 10.2 Å². The SMILES string of the molecule is CN(C)c1ccc(C2C(=C(O)c3ccc4c(c3)OCCO4)C(=O)C(=O)N2c2nnc(SCc3ccccc3Cl)s2)cc1. The van der Waals surface area contributed by atoms with Crippen molar-refractivity contribution in [1.29, 1.82) is 0 Å². The van der Waals surface area contributed by atoms with E-state index in [0.717, 1.165) is 11.3 Å². The summed E-state index contributed by atoms with van der Waals surface area (Å²) in [4.78, 5) is 30.4. The van der Waals surface area contributed by atoms with E-state index in [1.54, 1.807) is 18.2 Å². The fourth-order valence-electron chi connectivity index (χ4n) is 4.76. The number of carbonyl (C=O) groups is 2. The van der Waals surface area contributed by atoms with Crippen LogP contribution in [0.3, 0.4) is 0 Å². The molecule has 1 fully saturated rings. The molecule has 3 heterocycles. The zero-order chi connectivity index (χ0) is 29.4. The summed E-state index contributed by atoms with van der Waals surface area (Å²) in [6, 6.07) is 19.0. The molecular formula is C30H25ClN4O5S2. The summed E-state index contributed by atoms with van der Waals surface area (Å²) in [5.41, 5.74) is 2.81. The molecule has 0 aliphatic carbocycles. The summed E-state index contributed by atoms with van der Waals surface area (Å²) in [6.07, 6.45) is 0. The van der Waals surface area contributed by atoms with Crippen LogP contribution in [0, 0.1) is 0 Å². The molecule has 2 aliphatic heterocycles. The van der Waals surface area contributed by atoms with Gasteiger partial charge in [-0.05, 0) is 47.5 Å². The molecule has 214 valence electrons. The Bertz CT molecular complexity index is 1710. The molecular weight excluding hydrogens is 596 g/mol. The molecule has 42 heavy (non-hydrogen) atoms. The average molecular weight is 621 g/mol. The number of ether oxygens (including phenoxy) is 2. The number of thioether (sulfide) groups is 1. The van der Waals surface area contributed by atoms with E-state index in [1.165, 1.54) is 28.0 Å². The van der Waals surface area contributed by atoms with Crippen molar-refractivity contribution in [3.05, 3.63) is 94.0 Å². The predicted molar refractivity (Wildman–Crippen MR) is 164 cm³/mol. The minimum absolute atomic E-state index is 0.0465. The summed E-state index contributed by atoms with van der Waals surface area (Å²) in [6.45, 7) is 0.792. The van der Waals surface area contributed by atoms with Crippen LogP contribution in [-0.4, -0.2) is 54.3 Å². The van der Waals surface area contributed by atoms with Crippen LogP contribution in [0.15, 0.2) is 76.6 Å². The van der Waals surface area contributed by atoms with E-state index in [0.29, 0.717) is 51.0 Å². The van der Waals surface area contributed by atoms with E-state index in [-0.39, 0.29) is 16.5 Å². The van der Waals surface area contributed by atoms with E-state index >= 15 is 0 Å². The highest BCUT2D eigenvalue weighted by atomic mass is 35.5. The number of aromatic nitrogens is 2. The molecule has 1 amide bonds. The number of aliphatic hydroxyl groups excluding tert-OH is 1. The number of benzene rings is 3. The molecule has 0 spiro atoms. The first kappa shape index (κ1) is 28.1. The van der Waals surface area contributed by atoms with Gasteiger partial charge in [0, 0.05) is 36.1 Å². The second-order valence-corrected chi connectivity index (χ2v) is 12.3. The Morgan fingerprint density at radius 3 is 2.52 bits per heavy atom. The highest BCUT2D eigenvalue weighted by molar-refractivity contribution is 8.00. The first-order valence-electron chi connectivity index (χ1n) is 13.0. The number of fused-ring (bicyclic) bond motifs is 1. The van der Waals surface area contributed by atoms with Crippen molar-refractivity contribution in [2.24, 2.45) is 0 Å². The largest absolute Gasteiger partial charge is 0.507 e. The highest BCUT2D eigenvalue weighted by Crippen LogP contribution is 2.45. The Balaban J connectivity index is 1.40. The zero-order valence-electron chi connectivity index (χ0n) is 22.6. The van der Waals surface area contributed by atoms with E-state index in [4.69, 9.17) is 21.1 Å². The number of amides is 1. The van der Waals surface area contributed by atoms with Crippen LogP contribution in [0.25, 0.3) is 5.76 Å². The molecule has 1 unspecified atom stereocenters. The summed E-state index contributed by atoms with van der Waals surface area (Å²) >= 11 is 8.94. The minimum atomic E-state index is -0.927. The Hall–Kier alpha value is -4.06. The van der Waals surface area contributed by atoms with Gasteiger partial charge in [-0.15, -0.1) is 10.2 Å². The van der Waals surface area contributed by atoms with Crippen LogP contribution >= 0.6 is 34.7 Å². The molecule has 2 aliphatic rings. The molecule has 9 nitrogen and oxygen atoms in total. The number of hydrogen-bond donors (Lipinski definition) is 1. The topological polar surface area (TPSA) is 105 Å². The Kier molecular flexibility index (Phi) is 7.80. The fourth-order valence-corrected chi connectivity index (χ4v) is 6.91. The Morgan fingerprint density at radius 1 is 1.05 bits per heavy atom. The highest BCUT2D eigenvalue weighted by Gasteiger charge is 2.48. The smallest absolute Gasteiger partial charge is 0.301 e. The van der Waals surface area contributed by atoms with Crippen LogP contribution < -0.4 is 19.3 Å². The van der Waals surface area contributed by atoms with Crippen LogP contribution in [0.5, 0.6) is 11.5 Å². The van der Waals surface area contributed by atoms with E-state index in [2.05, 4.69) is 10.2 Å². The van der Waals surface area contributed by atoms with Crippen molar-refractivity contribution in [3.8, 4) is 11.5 Å². The third-order valence-corrected chi connectivity index (χ3v) is 9.37. The Morgan fingerprint density at radius 2 is 1.79 bits per heavy atom. The molecule has 1 atom stereocenters. The quantitative estimate of drug-likeness (QED) is 0.0882. The average Bonchev–Trinajstić information content (AvgIpc) is 3.57. The first-order chi connectivity index (χ1) is 20.3. The van der Waals surface area contributed by atoms with E-state index in [1.807, 2.05) is 67.5 Å². The van der Waals surface area contributed by atoms with Gasteiger partial charge in [-0.25, -0.2) is 0 Å². The second-order valence-electron chi connectivity index (χ2n) is 9.74. The molecule has 1 saturated heterocycles. The van der Waals surface area contributed by atoms with Gasteiger partial charge in [-0.1, -0.05) is 65.0 Å². The third kappa shape index (κ3) is 5.31. The number of nitrogens with zero attached hydrogens (tertiary/aromatic N) is 4. The van der Waals surface area contributed by atoms with Gasteiger partial charge in [-0.3, -0.25) is 14.5 Å². The lowest BCUT2D eigenvalue weighted by atomic mass is 9.95. The summed E-state index contributed by atoms with van der Waals surface area (Å²) in [5, 5.41) is 21.0. The molecule has 0 radical (unpaired) electrons. The van der Waals surface area contributed by atoms with Crippen molar-refractivity contribution in [2.75, 3.05) is 37.1 Å². The number of hydrogen-bond acceptors (Lipinski definition) is 10. The molecule has 1 aromatic heterocycles. The normalized spacial score (nSPS) is 17.5. The van der Waals surface area contributed by atoms with Gasteiger partial charge in [-0.2, -0.15) is 0 Å². The number of Topliss-reactive ketones (excluding diaryl/α,β-unsaturated/α-hetero) is 1. The summed E-state index contributed by atoms with van der Waals surface area (Å²) < 4.78 is 11.9. The van der Waals surface area contributed by atoms with Gasteiger partial charge in [0.2, 0.25) is 5.13 Å². The molecule has 0 saturated carbocycles. The summed E-state index contributed by atoms with van der Waals surface area (Å²) in [5.74, 6) is -0.362. The molecule has 1 N–H and O–H groups in total. The monoisotopic (exact) mass is 620 g/mol. The number of halogens is 1. The maximum atomic E-state index is 13.6. The molecule has 3 aromatic carbocycles. The van der Waals surface area contributed by atoms with Crippen molar-refractivity contribution in [3.63, 3.8) is 0 Å². The van der Waals surface area contributed by atoms with Crippen LogP contribution in [-0.2, 0) is 15.3 Å². The van der Waals surface area contributed by atoms with Gasteiger partial charge in [0.15, 0.2) is 15.8 Å². The van der Waals surface area contributed by atoms with Crippen LogP contribution in [0.2, 0.25) is 5.02 Å². The fraction of sp³-hybridized carbons (Fsp3) is 0.200. The number of carbonyl (C=O) groups excluding carboxylic acids is 2. The lowest BCUT2D eigenvalue weighted by Gasteiger charge is -2.23. The van der Waals surface area contributed by atoms with Gasteiger partial charge in [0.1, 0.15) is 19.0 Å². The lowest BCUT2D eigenvalue weighted by Crippen LogP contribution is -2.29. The maximum Gasteiger partial charge on any atom is 0.301 e. The lowest BCUT2D eigenvalue weighted by molar-refractivity contribution is -0.132. The molecule has 0 bridgehead atoms. The van der Waals surface area contributed by atoms with E-state index in [9.17, 15) is 14.7 Å². The van der Waals surface area contributed by atoms with Gasteiger partial charge in [0.05, 0.1) is 11.6 Å². The molecule has 6 rings (SSSR count). The van der Waals surface area contributed by atoms with Gasteiger partial charge < -0.3 is 19.5 Å². The maximum absolute atomic E-state index is 13.6. The van der Waals surface area contributed by atoms with Gasteiger partial charge in [0.25, 0.3) is 5.78 Å². The zero-order valence-corrected chi connectivity index (χ0v) is 25.0. The van der Waals surface area contributed by atoms with Crippen LogP contribution in [0.1, 0.15) is 22.7 Å². The van der Waals surface area contributed by atoms with Crippen molar-refractivity contribution >= 4 is 63.0 Å². The van der Waals surface area contributed by atoms with Crippen LogP contribution in [0.4, 0.5) is 10.8 Å². The van der Waals surface area contributed by atoms with Crippen molar-refractivity contribution in [2.45, 2.75) is 16.1 Å². The predicted octanol–water partition coefficient (Wildman–Crippen LogP) is 5.95. The van der Waals surface area contributed by atoms with Crippen molar-refractivity contribution < 1.29 is 24.2 Å².